The minimum atomic E-state index is 0.200. The third-order valence-corrected chi connectivity index (χ3v) is 4.81. The Morgan fingerprint density at radius 2 is 2.10 bits per heavy atom. The van der Waals surface area contributed by atoms with Gasteiger partial charge in [0.25, 0.3) is 0 Å². The van der Waals surface area contributed by atoms with Crippen LogP contribution in [0.4, 0.5) is 0 Å². The monoisotopic (exact) mass is 282 g/mol. The normalized spacial score (nSPS) is 33.0. The molecule has 2 rings (SSSR count). The quantitative estimate of drug-likeness (QED) is 0.776. The first-order valence-electron chi connectivity index (χ1n) is 7.95. The van der Waals surface area contributed by atoms with Gasteiger partial charge in [-0.05, 0) is 39.3 Å². The van der Waals surface area contributed by atoms with Crippen LogP contribution in [-0.2, 0) is 4.79 Å². The molecular formula is C15H30N4O. The molecule has 1 aliphatic heterocycles. The van der Waals surface area contributed by atoms with Crippen LogP contribution in [0.15, 0.2) is 0 Å². The van der Waals surface area contributed by atoms with Gasteiger partial charge in [-0.3, -0.25) is 9.69 Å². The first-order valence-corrected chi connectivity index (χ1v) is 7.95. The van der Waals surface area contributed by atoms with Crippen molar-refractivity contribution in [3.05, 3.63) is 0 Å². The van der Waals surface area contributed by atoms with Gasteiger partial charge in [0, 0.05) is 44.7 Å². The fourth-order valence-corrected chi connectivity index (χ4v) is 3.41. The van der Waals surface area contributed by atoms with E-state index < -0.39 is 0 Å². The molecule has 5 heteroatoms. The van der Waals surface area contributed by atoms with Crippen LogP contribution in [0.3, 0.4) is 0 Å². The molecule has 0 aromatic heterocycles. The second-order valence-electron chi connectivity index (χ2n) is 6.70. The van der Waals surface area contributed by atoms with E-state index in [0.29, 0.717) is 24.4 Å². The highest BCUT2D eigenvalue weighted by Crippen LogP contribution is 2.25. The predicted octanol–water partition coefficient (Wildman–Crippen LogP) is 0.256. The highest BCUT2D eigenvalue weighted by atomic mass is 16.1. The lowest BCUT2D eigenvalue weighted by Gasteiger charge is -2.37. The van der Waals surface area contributed by atoms with Crippen molar-refractivity contribution >= 4 is 5.91 Å². The van der Waals surface area contributed by atoms with Crippen molar-refractivity contribution in [2.75, 3.05) is 40.3 Å². The zero-order valence-corrected chi connectivity index (χ0v) is 13.0. The van der Waals surface area contributed by atoms with Gasteiger partial charge in [-0.15, -0.1) is 0 Å². The molecule has 2 fully saturated rings. The Morgan fingerprint density at radius 3 is 2.85 bits per heavy atom. The summed E-state index contributed by atoms with van der Waals surface area (Å²) in [6.07, 6.45) is 5.12. The number of nitrogens with one attached hydrogen (secondary N) is 1. The molecule has 0 bridgehead atoms. The van der Waals surface area contributed by atoms with Gasteiger partial charge in [0.2, 0.25) is 5.91 Å². The van der Waals surface area contributed by atoms with Crippen molar-refractivity contribution in [2.45, 2.75) is 44.2 Å². The molecule has 0 radical (unpaired) electrons. The van der Waals surface area contributed by atoms with Crippen LogP contribution in [0.5, 0.6) is 0 Å². The predicted molar refractivity (Wildman–Crippen MR) is 81.5 cm³/mol. The van der Waals surface area contributed by atoms with E-state index >= 15 is 0 Å². The van der Waals surface area contributed by atoms with Crippen LogP contribution < -0.4 is 11.1 Å². The lowest BCUT2D eigenvalue weighted by atomic mass is 9.84. The maximum Gasteiger partial charge on any atom is 0.220 e. The molecule has 20 heavy (non-hydrogen) atoms. The molecule has 1 amide bonds. The summed E-state index contributed by atoms with van der Waals surface area (Å²) in [5.74, 6) is 0.691. The lowest BCUT2D eigenvalue weighted by molar-refractivity contribution is -0.122. The van der Waals surface area contributed by atoms with Crippen LogP contribution >= 0.6 is 0 Å². The summed E-state index contributed by atoms with van der Waals surface area (Å²) in [7, 11) is 4.29. The average molecular weight is 282 g/mol. The molecule has 3 atom stereocenters. The van der Waals surface area contributed by atoms with E-state index in [4.69, 9.17) is 5.73 Å². The Bertz CT molecular complexity index is 323. The number of carbonyl (C=O) groups excluding carboxylic acids is 1. The van der Waals surface area contributed by atoms with E-state index in [1.807, 2.05) is 0 Å². The van der Waals surface area contributed by atoms with Gasteiger partial charge in [-0.2, -0.15) is 0 Å². The number of nitrogens with zero attached hydrogens (tertiary/aromatic N) is 2. The maximum absolute atomic E-state index is 12.1. The van der Waals surface area contributed by atoms with E-state index in [2.05, 4.69) is 29.2 Å². The molecule has 3 unspecified atom stereocenters. The molecule has 1 saturated heterocycles. The largest absolute Gasteiger partial charge is 0.354 e. The first kappa shape index (κ1) is 15.7. The molecule has 116 valence electrons. The standard InChI is InChI=1S/C15H30N4O/c1-18-6-7-19(2)14(11-18)10-17-15(20)9-12-4-3-5-13(16)8-12/h12-14H,3-11,16H2,1-2H3,(H,17,20). The van der Waals surface area contributed by atoms with Crippen LogP contribution in [0.2, 0.25) is 0 Å². The van der Waals surface area contributed by atoms with Crippen molar-refractivity contribution in [1.29, 1.82) is 0 Å². The summed E-state index contributed by atoms with van der Waals surface area (Å²) < 4.78 is 0. The van der Waals surface area contributed by atoms with Crippen LogP contribution in [-0.4, -0.2) is 68.1 Å². The summed E-state index contributed by atoms with van der Waals surface area (Å²) in [5.41, 5.74) is 5.98. The van der Waals surface area contributed by atoms with Gasteiger partial charge >= 0.3 is 0 Å². The van der Waals surface area contributed by atoms with E-state index in [1.165, 1.54) is 6.42 Å². The third kappa shape index (κ3) is 4.72. The zero-order chi connectivity index (χ0) is 14.5. The summed E-state index contributed by atoms with van der Waals surface area (Å²) in [6.45, 7) is 3.99. The van der Waals surface area contributed by atoms with Gasteiger partial charge < -0.3 is 16.0 Å². The first-order chi connectivity index (χ1) is 9.54. The number of piperazine rings is 1. The molecule has 3 N–H and O–H groups in total. The molecule has 5 nitrogen and oxygen atoms in total. The Morgan fingerprint density at radius 1 is 1.30 bits per heavy atom. The minimum absolute atomic E-state index is 0.200. The van der Waals surface area contributed by atoms with Gasteiger partial charge in [0.15, 0.2) is 0 Å². The molecule has 1 saturated carbocycles. The second-order valence-corrected chi connectivity index (χ2v) is 6.70. The number of likely N-dealkylation sites (N-methyl/N-ethyl adjacent to an activating group) is 2. The summed E-state index contributed by atoms with van der Waals surface area (Å²) in [6, 6.07) is 0.742. The molecule has 0 spiro atoms. The van der Waals surface area contributed by atoms with Crippen LogP contribution in [0.1, 0.15) is 32.1 Å². The van der Waals surface area contributed by atoms with Crippen LogP contribution in [0, 0.1) is 5.92 Å². The number of nitrogens with two attached hydrogens (primary N) is 1. The zero-order valence-electron chi connectivity index (χ0n) is 13.0. The topological polar surface area (TPSA) is 61.6 Å². The second kappa shape index (κ2) is 7.38. The number of carbonyl (C=O) groups is 1. The fourth-order valence-electron chi connectivity index (χ4n) is 3.41. The number of hydrogen-bond acceptors (Lipinski definition) is 4. The number of amides is 1. The average Bonchev–Trinajstić information content (AvgIpc) is 2.40. The van der Waals surface area contributed by atoms with E-state index in [-0.39, 0.29) is 5.91 Å². The van der Waals surface area contributed by atoms with Gasteiger partial charge in [0.05, 0.1) is 0 Å². The molecule has 1 aliphatic carbocycles. The maximum atomic E-state index is 12.1. The molecule has 1 heterocycles. The highest BCUT2D eigenvalue weighted by molar-refractivity contribution is 5.76. The highest BCUT2D eigenvalue weighted by Gasteiger charge is 2.24. The van der Waals surface area contributed by atoms with Crippen molar-refractivity contribution in [3.8, 4) is 0 Å². The van der Waals surface area contributed by atoms with Crippen molar-refractivity contribution in [3.63, 3.8) is 0 Å². The van der Waals surface area contributed by atoms with Gasteiger partial charge in [-0.25, -0.2) is 0 Å². The Hall–Kier alpha value is -0.650. The molecule has 2 aliphatic rings. The molecular weight excluding hydrogens is 252 g/mol. The summed E-state index contributed by atoms with van der Waals surface area (Å²) in [4.78, 5) is 16.7. The third-order valence-electron chi connectivity index (χ3n) is 4.81. The Balaban J connectivity index is 1.69. The SMILES string of the molecule is CN1CCN(C)C(CNC(=O)CC2CCCC(N)C2)C1. The molecule has 0 aromatic rings. The lowest BCUT2D eigenvalue weighted by Crippen LogP contribution is -2.54. The molecule has 0 aromatic carbocycles. The van der Waals surface area contributed by atoms with Crippen molar-refractivity contribution in [2.24, 2.45) is 11.7 Å². The smallest absolute Gasteiger partial charge is 0.220 e. The van der Waals surface area contributed by atoms with E-state index in [1.54, 1.807) is 0 Å². The minimum Gasteiger partial charge on any atom is -0.354 e. The van der Waals surface area contributed by atoms with Crippen LogP contribution in [0.25, 0.3) is 0 Å². The summed E-state index contributed by atoms with van der Waals surface area (Å²) >= 11 is 0. The van der Waals surface area contributed by atoms with Gasteiger partial charge in [-0.1, -0.05) is 6.42 Å². The Labute approximate surface area is 122 Å². The fraction of sp³-hybridized carbons (Fsp3) is 0.933. The summed E-state index contributed by atoms with van der Waals surface area (Å²) in [5, 5.41) is 3.12. The van der Waals surface area contributed by atoms with E-state index in [9.17, 15) is 4.79 Å². The van der Waals surface area contributed by atoms with Crippen molar-refractivity contribution in [1.82, 2.24) is 15.1 Å². The Kier molecular flexibility index (Phi) is 5.81. The van der Waals surface area contributed by atoms with Gasteiger partial charge in [0.1, 0.15) is 0 Å². The number of rotatable bonds is 4. The number of hydrogen-bond donors (Lipinski definition) is 2. The van der Waals surface area contributed by atoms with E-state index in [0.717, 1.165) is 45.4 Å². The van der Waals surface area contributed by atoms with Crippen molar-refractivity contribution < 1.29 is 4.79 Å².